The Bertz CT molecular complexity index is 1210. The SMILES string of the molecule is CC.CC.O=C1c2ccccc2C(=O)N1CCCn1c(=O)ccc2cnc(NC3CCCCC3)nc21. The molecule has 1 fully saturated rings. The van der Waals surface area contributed by atoms with E-state index in [-0.39, 0.29) is 23.9 Å². The standard InChI is InChI=1S/C24H25N5O3.2C2H6/c30-20-12-11-16-15-25-24(26-17-7-2-1-3-8-17)27-21(16)28(20)13-6-14-29-22(31)18-9-4-5-10-19(18)23(29)32;2*1-2/h4-5,9-12,15,17H,1-3,6-8,13-14H2,(H,25,26,27);2*1-2H3. The number of hydrogen-bond donors (Lipinski definition) is 1. The van der Waals surface area contributed by atoms with E-state index < -0.39 is 0 Å². The summed E-state index contributed by atoms with van der Waals surface area (Å²) in [6.45, 7) is 8.59. The van der Waals surface area contributed by atoms with E-state index in [4.69, 9.17) is 0 Å². The fraction of sp³-hybridized carbons (Fsp3) is 0.464. The number of pyridine rings is 1. The summed E-state index contributed by atoms with van der Waals surface area (Å²) in [4.78, 5) is 48.1. The summed E-state index contributed by atoms with van der Waals surface area (Å²) in [6, 6.07) is 10.4. The Hall–Kier alpha value is -3.55. The van der Waals surface area contributed by atoms with E-state index in [2.05, 4.69) is 15.3 Å². The van der Waals surface area contributed by atoms with Crippen LogP contribution in [0, 0.1) is 0 Å². The van der Waals surface area contributed by atoms with Crippen LogP contribution in [0.25, 0.3) is 11.0 Å². The maximum Gasteiger partial charge on any atom is 0.261 e. The van der Waals surface area contributed by atoms with Gasteiger partial charge >= 0.3 is 0 Å². The summed E-state index contributed by atoms with van der Waals surface area (Å²) in [5, 5.41) is 4.18. The number of hydrogen-bond acceptors (Lipinski definition) is 6. The molecular formula is C28H37N5O3. The summed E-state index contributed by atoms with van der Waals surface area (Å²) in [6.07, 6.45) is 8.06. The van der Waals surface area contributed by atoms with Gasteiger partial charge in [0.2, 0.25) is 5.95 Å². The third kappa shape index (κ3) is 5.80. The van der Waals surface area contributed by atoms with Crippen LogP contribution in [0.4, 0.5) is 5.95 Å². The van der Waals surface area contributed by atoms with Gasteiger partial charge in [0.25, 0.3) is 17.4 Å². The van der Waals surface area contributed by atoms with E-state index in [0.29, 0.717) is 41.7 Å². The number of carbonyl (C=O) groups excluding carboxylic acids is 2. The van der Waals surface area contributed by atoms with E-state index in [0.717, 1.165) is 18.2 Å². The molecule has 0 atom stereocenters. The summed E-state index contributed by atoms with van der Waals surface area (Å²) in [5.41, 5.74) is 1.27. The topological polar surface area (TPSA) is 97.2 Å². The third-order valence-electron chi connectivity index (χ3n) is 6.30. The molecule has 3 aromatic rings. The zero-order valence-corrected chi connectivity index (χ0v) is 21.8. The second kappa shape index (κ2) is 13.0. The van der Waals surface area contributed by atoms with Crippen molar-refractivity contribution in [1.82, 2.24) is 19.4 Å². The van der Waals surface area contributed by atoms with Crippen LogP contribution in [0.15, 0.2) is 47.4 Å². The van der Waals surface area contributed by atoms with Crippen molar-refractivity contribution in [3.8, 4) is 0 Å². The number of fused-ring (bicyclic) bond motifs is 2. The molecule has 2 aliphatic rings. The van der Waals surface area contributed by atoms with E-state index >= 15 is 0 Å². The van der Waals surface area contributed by atoms with Crippen molar-refractivity contribution >= 4 is 28.8 Å². The number of aryl methyl sites for hydroxylation is 1. The molecule has 8 heteroatoms. The lowest BCUT2D eigenvalue weighted by Crippen LogP contribution is -2.32. The van der Waals surface area contributed by atoms with Gasteiger partial charge in [-0.25, -0.2) is 4.98 Å². The van der Waals surface area contributed by atoms with Crippen LogP contribution in [-0.4, -0.2) is 43.8 Å². The number of nitrogens with zero attached hydrogens (tertiary/aromatic N) is 4. The molecule has 0 spiro atoms. The van der Waals surface area contributed by atoms with Gasteiger partial charge in [-0.2, -0.15) is 4.98 Å². The quantitative estimate of drug-likeness (QED) is 0.472. The Morgan fingerprint density at radius 1 is 0.861 bits per heavy atom. The molecule has 192 valence electrons. The predicted molar refractivity (Wildman–Crippen MR) is 143 cm³/mol. The maximum absolute atomic E-state index is 12.6. The average Bonchev–Trinajstić information content (AvgIpc) is 3.17. The zero-order chi connectivity index (χ0) is 26.1. The smallest absolute Gasteiger partial charge is 0.261 e. The molecule has 0 radical (unpaired) electrons. The minimum atomic E-state index is -0.280. The fourth-order valence-electron chi connectivity index (χ4n) is 4.62. The number of imide groups is 1. The van der Waals surface area contributed by atoms with Gasteiger partial charge in [0, 0.05) is 36.8 Å². The Kier molecular flexibility index (Phi) is 9.73. The van der Waals surface area contributed by atoms with Crippen molar-refractivity contribution in [2.24, 2.45) is 0 Å². The first kappa shape index (κ1) is 27.0. The van der Waals surface area contributed by atoms with Gasteiger partial charge in [-0.05, 0) is 37.5 Å². The largest absolute Gasteiger partial charge is 0.351 e. The molecule has 0 bridgehead atoms. The highest BCUT2D eigenvalue weighted by molar-refractivity contribution is 6.21. The van der Waals surface area contributed by atoms with Gasteiger partial charge in [-0.3, -0.25) is 23.9 Å². The highest BCUT2D eigenvalue weighted by Crippen LogP contribution is 2.23. The van der Waals surface area contributed by atoms with Gasteiger partial charge < -0.3 is 5.32 Å². The molecule has 1 aliphatic heterocycles. The number of carbonyl (C=O) groups is 2. The Labute approximate surface area is 212 Å². The minimum Gasteiger partial charge on any atom is -0.351 e. The molecule has 1 aromatic carbocycles. The van der Waals surface area contributed by atoms with E-state index in [1.165, 1.54) is 30.2 Å². The molecule has 2 amide bonds. The van der Waals surface area contributed by atoms with Crippen LogP contribution in [0.3, 0.4) is 0 Å². The molecule has 36 heavy (non-hydrogen) atoms. The van der Waals surface area contributed by atoms with Gasteiger partial charge in [0.05, 0.1) is 11.1 Å². The lowest BCUT2D eigenvalue weighted by atomic mass is 9.96. The summed E-state index contributed by atoms with van der Waals surface area (Å²) in [5.74, 6) is -0.0292. The van der Waals surface area contributed by atoms with Crippen molar-refractivity contribution in [1.29, 1.82) is 0 Å². The van der Waals surface area contributed by atoms with Crippen LogP contribution >= 0.6 is 0 Å². The Morgan fingerprint density at radius 3 is 2.14 bits per heavy atom. The van der Waals surface area contributed by atoms with Crippen molar-refractivity contribution < 1.29 is 9.59 Å². The number of aromatic nitrogens is 3. The normalized spacial score (nSPS) is 15.1. The van der Waals surface area contributed by atoms with E-state index in [9.17, 15) is 14.4 Å². The first-order valence-electron chi connectivity index (χ1n) is 13.2. The van der Waals surface area contributed by atoms with Crippen molar-refractivity contribution in [2.75, 3.05) is 11.9 Å². The summed E-state index contributed by atoms with van der Waals surface area (Å²) in [7, 11) is 0. The molecule has 5 rings (SSSR count). The number of anilines is 1. The van der Waals surface area contributed by atoms with Crippen molar-refractivity contribution in [3.63, 3.8) is 0 Å². The van der Waals surface area contributed by atoms with Gasteiger partial charge in [0.1, 0.15) is 5.65 Å². The molecule has 0 saturated heterocycles. The number of nitrogens with one attached hydrogen (secondary N) is 1. The Morgan fingerprint density at radius 2 is 1.50 bits per heavy atom. The zero-order valence-electron chi connectivity index (χ0n) is 21.8. The van der Waals surface area contributed by atoms with Crippen LogP contribution in [-0.2, 0) is 6.54 Å². The molecule has 8 nitrogen and oxygen atoms in total. The lowest BCUT2D eigenvalue weighted by Gasteiger charge is -2.22. The average molecular weight is 492 g/mol. The maximum atomic E-state index is 12.6. The highest BCUT2D eigenvalue weighted by atomic mass is 16.2. The molecule has 0 unspecified atom stereocenters. The molecule has 3 heterocycles. The van der Waals surface area contributed by atoms with Crippen LogP contribution in [0.5, 0.6) is 0 Å². The monoisotopic (exact) mass is 491 g/mol. The first-order valence-corrected chi connectivity index (χ1v) is 13.2. The second-order valence-electron chi connectivity index (χ2n) is 8.44. The van der Waals surface area contributed by atoms with Crippen molar-refractivity contribution in [2.45, 2.75) is 78.8 Å². The molecule has 1 N–H and O–H groups in total. The number of benzene rings is 1. The number of rotatable bonds is 6. The van der Waals surface area contributed by atoms with Crippen molar-refractivity contribution in [3.05, 3.63) is 64.1 Å². The summed E-state index contributed by atoms with van der Waals surface area (Å²) >= 11 is 0. The second-order valence-corrected chi connectivity index (χ2v) is 8.44. The highest BCUT2D eigenvalue weighted by Gasteiger charge is 2.34. The first-order chi connectivity index (χ1) is 17.6. The molecule has 1 saturated carbocycles. The Balaban J connectivity index is 0.000000861. The van der Waals surface area contributed by atoms with Crippen LogP contribution in [0.1, 0.15) is 86.9 Å². The van der Waals surface area contributed by atoms with Crippen LogP contribution in [0.2, 0.25) is 0 Å². The predicted octanol–water partition coefficient (Wildman–Crippen LogP) is 5.27. The van der Waals surface area contributed by atoms with Crippen LogP contribution < -0.4 is 10.9 Å². The minimum absolute atomic E-state index is 0.165. The van der Waals surface area contributed by atoms with Gasteiger partial charge in [0.15, 0.2) is 0 Å². The lowest BCUT2D eigenvalue weighted by molar-refractivity contribution is 0.0651. The molecule has 1 aliphatic carbocycles. The van der Waals surface area contributed by atoms with E-state index in [1.54, 1.807) is 41.1 Å². The molecule has 2 aromatic heterocycles. The van der Waals surface area contributed by atoms with Gasteiger partial charge in [-0.15, -0.1) is 0 Å². The third-order valence-corrected chi connectivity index (χ3v) is 6.30. The van der Waals surface area contributed by atoms with Gasteiger partial charge in [-0.1, -0.05) is 59.1 Å². The molecular weight excluding hydrogens is 454 g/mol. The number of amides is 2. The fourth-order valence-corrected chi connectivity index (χ4v) is 4.62. The van der Waals surface area contributed by atoms with E-state index in [1.807, 2.05) is 27.7 Å². The summed E-state index contributed by atoms with van der Waals surface area (Å²) < 4.78 is 1.60.